The molecule has 2 N–H and O–H groups in total. The number of halogens is 3. The maximum atomic E-state index is 12.5. The lowest BCUT2D eigenvalue weighted by Crippen LogP contribution is -2.44. The molecule has 0 atom stereocenters. The Kier molecular flexibility index (Phi) is 3.24. The van der Waals surface area contributed by atoms with Crippen LogP contribution in [0.25, 0.3) is 0 Å². The molecule has 21 heavy (non-hydrogen) atoms. The molecule has 1 aromatic carbocycles. The average Bonchev–Trinajstić information content (AvgIpc) is 2.84. The van der Waals surface area contributed by atoms with Crippen LogP contribution < -0.4 is 5.73 Å². The van der Waals surface area contributed by atoms with Crippen LogP contribution in [0.5, 0.6) is 0 Å². The van der Waals surface area contributed by atoms with Crippen LogP contribution in [0.1, 0.15) is 42.1 Å². The van der Waals surface area contributed by atoms with Gasteiger partial charge in [-0.15, -0.1) is 0 Å². The van der Waals surface area contributed by atoms with Crippen LogP contribution in [-0.2, 0) is 18.1 Å². The smallest absolute Gasteiger partial charge is 0.339 e. The highest BCUT2D eigenvalue weighted by Gasteiger charge is 2.39. The molecule has 1 aliphatic rings. The number of benzene rings is 1. The van der Waals surface area contributed by atoms with Crippen LogP contribution in [0.15, 0.2) is 28.8 Å². The van der Waals surface area contributed by atoms with Gasteiger partial charge in [-0.1, -0.05) is 17.3 Å². The molecule has 2 aromatic rings. The van der Waals surface area contributed by atoms with Crippen LogP contribution in [0.4, 0.5) is 13.2 Å². The number of aromatic nitrogens is 2. The Bertz CT molecular complexity index is 630. The van der Waals surface area contributed by atoms with E-state index >= 15 is 0 Å². The molecular formula is C14H14F3N3O. The number of nitrogens with two attached hydrogens (primary N) is 1. The van der Waals surface area contributed by atoms with Crippen LogP contribution in [-0.4, -0.2) is 10.1 Å². The molecular weight excluding hydrogens is 283 g/mol. The summed E-state index contributed by atoms with van der Waals surface area (Å²) in [6, 6.07) is 4.91. The van der Waals surface area contributed by atoms with Gasteiger partial charge >= 0.3 is 6.18 Å². The number of alkyl halides is 3. The van der Waals surface area contributed by atoms with Gasteiger partial charge in [0.25, 0.3) is 0 Å². The standard InChI is InChI=1S/C14H14F3N3O/c15-14(16,17)10-4-2-9(3-5-10)8-11-19-12(20-21-11)13(18)6-1-7-13/h2-5H,1,6-8,18H2. The van der Waals surface area contributed by atoms with E-state index < -0.39 is 17.3 Å². The number of hydrogen-bond acceptors (Lipinski definition) is 4. The molecule has 0 aliphatic heterocycles. The van der Waals surface area contributed by atoms with Crippen molar-refractivity contribution < 1.29 is 17.7 Å². The van der Waals surface area contributed by atoms with E-state index in [1.807, 2.05) is 0 Å². The Morgan fingerprint density at radius 1 is 1.19 bits per heavy atom. The Hall–Kier alpha value is -1.89. The molecule has 0 radical (unpaired) electrons. The van der Waals surface area contributed by atoms with E-state index in [1.165, 1.54) is 12.1 Å². The van der Waals surface area contributed by atoms with Gasteiger partial charge in [0.05, 0.1) is 17.5 Å². The third-order valence-corrected chi connectivity index (χ3v) is 3.80. The van der Waals surface area contributed by atoms with Gasteiger partial charge in [-0.3, -0.25) is 0 Å². The van der Waals surface area contributed by atoms with Crippen molar-refractivity contribution in [3.05, 3.63) is 47.1 Å². The van der Waals surface area contributed by atoms with E-state index in [0.29, 0.717) is 23.7 Å². The Balaban J connectivity index is 1.72. The summed E-state index contributed by atoms with van der Waals surface area (Å²) in [6.07, 6.45) is -1.34. The molecule has 1 fully saturated rings. The number of hydrogen-bond donors (Lipinski definition) is 1. The molecule has 7 heteroatoms. The van der Waals surface area contributed by atoms with Gasteiger partial charge < -0.3 is 10.3 Å². The zero-order valence-electron chi connectivity index (χ0n) is 11.2. The largest absolute Gasteiger partial charge is 0.416 e. The van der Waals surface area contributed by atoms with Gasteiger partial charge in [0.1, 0.15) is 0 Å². The summed E-state index contributed by atoms with van der Waals surface area (Å²) in [5.41, 5.74) is 5.60. The zero-order valence-corrected chi connectivity index (χ0v) is 11.2. The predicted octanol–water partition coefficient (Wildman–Crippen LogP) is 3.02. The van der Waals surface area contributed by atoms with E-state index in [4.69, 9.17) is 10.3 Å². The van der Waals surface area contributed by atoms with Gasteiger partial charge in [-0.05, 0) is 37.0 Å². The topological polar surface area (TPSA) is 64.9 Å². The van der Waals surface area contributed by atoms with Crippen molar-refractivity contribution in [1.82, 2.24) is 10.1 Å². The molecule has 1 heterocycles. The first kappa shape index (κ1) is 14.1. The van der Waals surface area contributed by atoms with Crippen LogP contribution >= 0.6 is 0 Å². The molecule has 0 spiro atoms. The summed E-state index contributed by atoms with van der Waals surface area (Å²) >= 11 is 0. The van der Waals surface area contributed by atoms with Crippen molar-refractivity contribution in [3.63, 3.8) is 0 Å². The van der Waals surface area contributed by atoms with Crippen molar-refractivity contribution in [2.24, 2.45) is 5.73 Å². The van der Waals surface area contributed by atoms with E-state index in [0.717, 1.165) is 31.4 Å². The van der Waals surface area contributed by atoms with Crippen molar-refractivity contribution in [3.8, 4) is 0 Å². The van der Waals surface area contributed by atoms with Gasteiger partial charge in [-0.2, -0.15) is 18.2 Å². The van der Waals surface area contributed by atoms with Gasteiger partial charge in [0.2, 0.25) is 5.89 Å². The van der Waals surface area contributed by atoms with Gasteiger partial charge in [0.15, 0.2) is 5.82 Å². The minimum atomic E-state index is -4.33. The highest BCUT2D eigenvalue weighted by Crippen LogP contribution is 2.37. The first-order valence-electron chi connectivity index (χ1n) is 6.65. The lowest BCUT2D eigenvalue weighted by Gasteiger charge is -2.34. The first-order valence-corrected chi connectivity index (χ1v) is 6.65. The molecule has 1 saturated carbocycles. The fraction of sp³-hybridized carbons (Fsp3) is 0.429. The molecule has 0 saturated heterocycles. The maximum Gasteiger partial charge on any atom is 0.416 e. The summed E-state index contributed by atoms with van der Waals surface area (Å²) in [5.74, 6) is 0.845. The number of nitrogens with zero attached hydrogens (tertiary/aromatic N) is 2. The van der Waals surface area contributed by atoms with Gasteiger partial charge in [-0.25, -0.2) is 0 Å². The molecule has 1 aliphatic carbocycles. The van der Waals surface area contributed by atoms with E-state index in [2.05, 4.69) is 10.1 Å². The fourth-order valence-corrected chi connectivity index (χ4v) is 2.30. The van der Waals surface area contributed by atoms with E-state index in [-0.39, 0.29) is 0 Å². The van der Waals surface area contributed by atoms with Crippen LogP contribution in [0.2, 0.25) is 0 Å². The van der Waals surface area contributed by atoms with Crippen molar-refractivity contribution in [2.45, 2.75) is 37.4 Å². The molecule has 4 nitrogen and oxygen atoms in total. The second-order valence-electron chi connectivity index (χ2n) is 5.39. The minimum Gasteiger partial charge on any atom is -0.339 e. The minimum absolute atomic E-state index is 0.293. The van der Waals surface area contributed by atoms with Crippen molar-refractivity contribution in [1.29, 1.82) is 0 Å². The number of rotatable bonds is 3. The molecule has 0 bridgehead atoms. The summed E-state index contributed by atoms with van der Waals surface area (Å²) in [7, 11) is 0. The summed E-state index contributed by atoms with van der Waals surface area (Å²) in [5, 5.41) is 3.87. The van der Waals surface area contributed by atoms with Crippen LogP contribution in [0.3, 0.4) is 0 Å². The Morgan fingerprint density at radius 2 is 1.86 bits per heavy atom. The third kappa shape index (κ3) is 2.78. The molecule has 0 unspecified atom stereocenters. The normalized spacial score (nSPS) is 17.5. The monoisotopic (exact) mass is 297 g/mol. The Morgan fingerprint density at radius 3 is 2.38 bits per heavy atom. The highest BCUT2D eigenvalue weighted by molar-refractivity contribution is 5.26. The molecule has 112 valence electrons. The fourth-order valence-electron chi connectivity index (χ4n) is 2.30. The summed E-state index contributed by atoms with van der Waals surface area (Å²) < 4.78 is 42.5. The maximum absolute atomic E-state index is 12.5. The first-order chi connectivity index (χ1) is 9.87. The molecule has 0 amide bonds. The summed E-state index contributed by atoms with van der Waals surface area (Å²) in [6.45, 7) is 0. The zero-order chi connectivity index (χ0) is 15.1. The quantitative estimate of drug-likeness (QED) is 0.945. The summed E-state index contributed by atoms with van der Waals surface area (Å²) in [4.78, 5) is 4.25. The average molecular weight is 297 g/mol. The lowest BCUT2D eigenvalue weighted by atomic mass is 9.77. The van der Waals surface area contributed by atoms with Crippen molar-refractivity contribution in [2.75, 3.05) is 0 Å². The van der Waals surface area contributed by atoms with Crippen molar-refractivity contribution >= 4 is 0 Å². The second-order valence-corrected chi connectivity index (χ2v) is 5.39. The van der Waals surface area contributed by atoms with Crippen LogP contribution in [0, 0.1) is 0 Å². The Labute approximate surface area is 119 Å². The van der Waals surface area contributed by atoms with Gasteiger partial charge in [0, 0.05) is 0 Å². The SMILES string of the molecule is NC1(c2noc(Cc3ccc(C(F)(F)F)cc3)n2)CCC1. The third-order valence-electron chi connectivity index (χ3n) is 3.80. The second kappa shape index (κ2) is 4.84. The molecule has 3 rings (SSSR count). The molecule has 1 aromatic heterocycles. The lowest BCUT2D eigenvalue weighted by molar-refractivity contribution is -0.137. The predicted molar refractivity (Wildman–Crippen MR) is 68.3 cm³/mol. The highest BCUT2D eigenvalue weighted by atomic mass is 19.4. The van der Waals surface area contributed by atoms with E-state index in [1.54, 1.807) is 0 Å². The van der Waals surface area contributed by atoms with E-state index in [9.17, 15) is 13.2 Å².